The molecule has 0 bridgehead atoms. The van der Waals surface area contributed by atoms with Gasteiger partial charge in [-0.25, -0.2) is 0 Å². The summed E-state index contributed by atoms with van der Waals surface area (Å²) in [5.74, 6) is 0. The van der Waals surface area contributed by atoms with Crippen LogP contribution in [0.2, 0.25) is 0 Å². The fourth-order valence-corrected chi connectivity index (χ4v) is 10.3. The zero-order valence-electron chi connectivity index (χ0n) is 35.3. The molecule has 0 radical (unpaired) electrons. The molecule has 0 aliphatic heterocycles. The Morgan fingerprint density at radius 3 is 1.69 bits per heavy atom. The Bertz CT molecular complexity index is 3540. The Hall–Kier alpha value is -7.62. The van der Waals surface area contributed by atoms with Crippen LogP contribution < -0.4 is 4.90 Å². The number of rotatable bonds is 6. The van der Waals surface area contributed by atoms with Crippen molar-refractivity contribution in [3.63, 3.8) is 0 Å². The topological polar surface area (TPSA) is 21.3 Å². The predicted molar refractivity (Wildman–Crippen MR) is 261 cm³/mol. The second-order valence-electron chi connectivity index (χ2n) is 17.6. The summed E-state index contributed by atoms with van der Waals surface area (Å²) in [6.07, 6.45) is 0. The van der Waals surface area contributed by atoms with Gasteiger partial charge in [0.1, 0.15) is 11.2 Å². The van der Waals surface area contributed by atoms with Gasteiger partial charge >= 0.3 is 0 Å². The van der Waals surface area contributed by atoms with Gasteiger partial charge in [0.25, 0.3) is 0 Å². The van der Waals surface area contributed by atoms with Crippen molar-refractivity contribution in [1.29, 1.82) is 0 Å². The Balaban J connectivity index is 0.951. The lowest BCUT2D eigenvalue weighted by molar-refractivity contribution is 0.660. The molecule has 1 aliphatic rings. The van der Waals surface area contributed by atoms with E-state index < -0.39 is 0 Å². The van der Waals surface area contributed by atoms with Gasteiger partial charge in [-0.3, -0.25) is 0 Å². The van der Waals surface area contributed by atoms with E-state index in [1.54, 1.807) is 0 Å². The van der Waals surface area contributed by atoms with Gasteiger partial charge in [-0.15, -0.1) is 0 Å². The number of fused-ring (bicyclic) bond motifs is 9. The quantitative estimate of drug-likeness (QED) is 0.167. The molecular formula is C59H44N2O. The summed E-state index contributed by atoms with van der Waals surface area (Å²) < 4.78 is 8.56. The average molecular weight is 797 g/mol. The second-order valence-corrected chi connectivity index (χ2v) is 17.6. The first-order valence-electron chi connectivity index (χ1n) is 21.6. The van der Waals surface area contributed by atoms with Gasteiger partial charge in [0.05, 0.1) is 11.0 Å². The molecule has 11 aromatic rings. The van der Waals surface area contributed by atoms with E-state index in [1.807, 2.05) is 12.1 Å². The lowest BCUT2D eigenvalue weighted by atomic mass is 9.82. The molecule has 0 N–H and O–H groups in total. The summed E-state index contributed by atoms with van der Waals surface area (Å²) >= 11 is 0. The van der Waals surface area contributed by atoms with Crippen LogP contribution in [0.25, 0.3) is 82.8 Å². The number of benzene rings is 9. The average Bonchev–Trinajstić information content (AvgIpc) is 3.91. The molecule has 9 aromatic carbocycles. The number of anilines is 3. The van der Waals surface area contributed by atoms with E-state index >= 15 is 0 Å². The van der Waals surface area contributed by atoms with E-state index in [1.165, 1.54) is 72.0 Å². The van der Waals surface area contributed by atoms with Crippen LogP contribution in [0.1, 0.15) is 36.1 Å². The molecule has 0 saturated heterocycles. The smallest absolute Gasteiger partial charge is 0.135 e. The van der Waals surface area contributed by atoms with Crippen LogP contribution in [0.3, 0.4) is 0 Å². The molecule has 3 heteroatoms. The SMILES string of the molecule is Cc1cc(C)cc(-n2c3ccccc3c3cc(-c4ccc(N(c5ccc(-c6ccc7oc8ccccc8c7c6)cc5)c5ccc6c(c5)C(C)(C)c5ccccc5-6)cc4)ccc32)c1. The number of nitrogens with zero attached hydrogens (tertiary/aromatic N) is 2. The monoisotopic (exact) mass is 796 g/mol. The van der Waals surface area contributed by atoms with Gasteiger partial charge in [0, 0.05) is 49.7 Å². The maximum absolute atomic E-state index is 6.15. The van der Waals surface area contributed by atoms with Gasteiger partial charge < -0.3 is 13.9 Å². The number of hydrogen-bond acceptors (Lipinski definition) is 2. The van der Waals surface area contributed by atoms with Gasteiger partial charge in [-0.2, -0.15) is 0 Å². The zero-order valence-corrected chi connectivity index (χ0v) is 35.3. The molecule has 0 saturated carbocycles. The Morgan fingerprint density at radius 1 is 0.403 bits per heavy atom. The summed E-state index contributed by atoms with van der Waals surface area (Å²) in [7, 11) is 0. The normalized spacial score (nSPS) is 13.0. The highest BCUT2D eigenvalue weighted by atomic mass is 16.3. The van der Waals surface area contributed by atoms with Crippen molar-refractivity contribution in [3.05, 3.63) is 216 Å². The van der Waals surface area contributed by atoms with Crippen molar-refractivity contribution in [2.75, 3.05) is 4.90 Å². The fourth-order valence-electron chi connectivity index (χ4n) is 10.3. The van der Waals surface area contributed by atoms with Gasteiger partial charge in [-0.1, -0.05) is 123 Å². The molecule has 2 aromatic heterocycles. The maximum Gasteiger partial charge on any atom is 0.135 e. The van der Waals surface area contributed by atoms with Crippen molar-refractivity contribution in [2.45, 2.75) is 33.1 Å². The lowest BCUT2D eigenvalue weighted by Crippen LogP contribution is -2.16. The van der Waals surface area contributed by atoms with Crippen LogP contribution in [0.15, 0.2) is 199 Å². The first-order chi connectivity index (χ1) is 30.3. The second kappa shape index (κ2) is 13.7. The highest BCUT2D eigenvalue weighted by Gasteiger charge is 2.35. The van der Waals surface area contributed by atoms with Crippen LogP contribution >= 0.6 is 0 Å². The zero-order chi connectivity index (χ0) is 41.7. The Morgan fingerprint density at radius 2 is 0.952 bits per heavy atom. The lowest BCUT2D eigenvalue weighted by Gasteiger charge is -2.28. The van der Waals surface area contributed by atoms with Crippen LogP contribution in [0.4, 0.5) is 17.1 Å². The van der Waals surface area contributed by atoms with Crippen LogP contribution in [0.5, 0.6) is 0 Å². The summed E-state index contributed by atoms with van der Waals surface area (Å²) in [6, 6.07) is 71.3. The van der Waals surface area contributed by atoms with Gasteiger partial charge in [0.15, 0.2) is 0 Å². The molecule has 1 aliphatic carbocycles. The Kier molecular flexibility index (Phi) is 8.01. The molecule has 12 rings (SSSR count). The van der Waals surface area contributed by atoms with Crippen molar-refractivity contribution in [2.24, 2.45) is 0 Å². The fraction of sp³-hybridized carbons (Fsp3) is 0.0847. The minimum absolute atomic E-state index is 0.114. The number of hydrogen-bond donors (Lipinski definition) is 0. The van der Waals surface area contributed by atoms with Crippen molar-refractivity contribution >= 4 is 60.8 Å². The van der Waals surface area contributed by atoms with E-state index in [-0.39, 0.29) is 5.41 Å². The number of aromatic nitrogens is 1. The first-order valence-corrected chi connectivity index (χ1v) is 21.6. The minimum Gasteiger partial charge on any atom is -0.456 e. The molecule has 0 unspecified atom stereocenters. The molecule has 0 atom stereocenters. The van der Waals surface area contributed by atoms with Crippen molar-refractivity contribution < 1.29 is 4.42 Å². The largest absolute Gasteiger partial charge is 0.456 e. The summed E-state index contributed by atoms with van der Waals surface area (Å²) in [4.78, 5) is 2.40. The van der Waals surface area contributed by atoms with E-state index in [0.717, 1.165) is 50.1 Å². The van der Waals surface area contributed by atoms with Gasteiger partial charge in [-0.05, 0) is 154 Å². The summed E-state index contributed by atoms with van der Waals surface area (Å²) in [5.41, 5.74) is 21.3. The standard InChI is InChI=1S/C59H44N2O/c1-37-31-38(2)33-46(32-37)61-55-15-9-6-12-49(55)51-34-41(21-29-56(51)61)39-17-23-43(24-18-39)60(45-27-28-48-47-11-5-8-14-53(47)59(3,4)54(48)36-45)44-25-19-40(20-26-44)42-22-30-58-52(35-42)50-13-7-10-16-57(50)62-58/h5-36H,1-4H3. The van der Waals surface area contributed by atoms with Crippen LogP contribution in [-0.2, 0) is 5.41 Å². The molecule has 2 heterocycles. The predicted octanol–water partition coefficient (Wildman–Crippen LogP) is 16.4. The van der Waals surface area contributed by atoms with E-state index in [2.05, 4.69) is 219 Å². The molecule has 3 nitrogen and oxygen atoms in total. The molecule has 0 spiro atoms. The third-order valence-electron chi connectivity index (χ3n) is 13.3. The number of furan rings is 1. The number of aryl methyl sites for hydroxylation is 2. The first kappa shape index (κ1) is 36.2. The van der Waals surface area contributed by atoms with E-state index in [9.17, 15) is 0 Å². The van der Waals surface area contributed by atoms with E-state index in [4.69, 9.17) is 4.42 Å². The highest BCUT2D eigenvalue weighted by Crippen LogP contribution is 2.51. The van der Waals surface area contributed by atoms with Crippen LogP contribution in [0, 0.1) is 13.8 Å². The Labute approximate surface area is 361 Å². The third kappa shape index (κ3) is 5.65. The molecule has 0 amide bonds. The van der Waals surface area contributed by atoms with Crippen molar-refractivity contribution in [3.8, 4) is 39.1 Å². The third-order valence-corrected chi connectivity index (χ3v) is 13.3. The molecule has 296 valence electrons. The molecule has 0 fully saturated rings. The van der Waals surface area contributed by atoms with Gasteiger partial charge in [0.2, 0.25) is 0 Å². The molecular weight excluding hydrogens is 753 g/mol. The molecule has 62 heavy (non-hydrogen) atoms. The van der Waals surface area contributed by atoms with Crippen LogP contribution in [-0.4, -0.2) is 4.57 Å². The summed E-state index contributed by atoms with van der Waals surface area (Å²) in [5, 5.41) is 4.79. The summed E-state index contributed by atoms with van der Waals surface area (Å²) in [6.45, 7) is 9.06. The van der Waals surface area contributed by atoms with Crippen molar-refractivity contribution in [1.82, 2.24) is 4.57 Å². The maximum atomic E-state index is 6.15. The number of para-hydroxylation sites is 2. The van der Waals surface area contributed by atoms with E-state index in [0.29, 0.717) is 0 Å². The highest BCUT2D eigenvalue weighted by molar-refractivity contribution is 6.10. The minimum atomic E-state index is -0.114.